The van der Waals surface area contributed by atoms with Gasteiger partial charge in [0.05, 0.1) is 11.3 Å². The third kappa shape index (κ3) is 4.82. The molecule has 0 unspecified atom stereocenters. The van der Waals surface area contributed by atoms with Gasteiger partial charge in [0.2, 0.25) is 5.91 Å². The molecule has 1 saturated heterocycles. The van der Waals surface area contributed by atoms with Crippen LogP contribution in [-0.2, 0) is 4.79 Å². The first-order chi connectivity index (χ1) is 12.7. The molecule has 1 fully saturated rings. The summed E-state index contributed by atoms with van der Waals surface area (Å²) in [5.74, 6) is -0.250. The van der Waals surface area contributed by atoms with Gasteiger partial charge in [-0.3, -0.25) is 9.59 Å². The van der Waals surface area contributed by atoms with E-state index < -0.39 is 0 Å². The van der Waals surface area contributed by atoms with Gasteiger partial charge < -0.3 is 10.2 Å². The average molecular weight is 348 g/mol. The molecule has 2 aromatic carbocycles. The van der Waals surface area contributed by atoms with Crippen LogP contribution in [0.1, 0.15) is 41.6 Å². The van der Waals surface area contributed by atoms with E-state index in [1.165, 1.54) is 18.9 Å². The maximum atomic E-state index is 12.9. The topological polar surface area (TPSA) is 49.4 Å². The quantitative estimate of drug-likeness (QED) is 0.835. The molecule has 0 saturated carbocycles. The van der Waals surface area contributed by atoms with Gasteiger partial charge in [0.15, 0.2) is 0 Å². The molecule has 0 atom stereocenters. The molecule has 3 rings (SSSR count). The lowest BCUT2D eigenvalue weighted by atomic mass is 10.1. The number of nitrogens with zero attached hydrogens (tertiary/aromatic N) is 1. The van der Waals surface area contributed by atoms with Crippen LogP contribution in [0.3, 0.4) is 0 Å². The Bertz CT molecular complexity index is 776. The standard InChI is InChI=1S/C22H24N2O2/c25-21(15-14-18-10-4-3-5-11-18)23-20-13-7-6-12-19(20)22(26)24-16-8-1-2-9-17-24/h3-7,10-15H,1-2,8-9,16-17H2,(H,23,25). The number of para-hydroxylation sites is 1. The Morgan fingerprint density at radius 3 is 2.23 bits per heavy atom. The van der Waals surface area contributed by atoms with Crippen LogP contribution in [-0.4, -0.2) is 29.8 Å². The molecule has 0 aliphatic carbocycles. The monoisotopic (exact) mass is 348 g/mol. The number of carbonyl (C=O) groups excluding carboxylic acids is 2. The number of rotatable bonds is 4. The third-order valence-electron chi connectivity index (χ3n) is 4.54. The van der Waals surface area contributed by atoms with E-state index in [2.05, 4.69) is 5.32 Å². The molecule has 1 heterocycles. The van der Waals surface area contributed by atoms with Crippen molar-refractivity contribution in [2.75, 3.05) is 18.4 Å². The number of benzene rings is 2. The number of nitrogens with one attached hydrogen (secondary N) is 1. The van der Waals surface area contributed by atoms with Crippen molar-refractivity contribution in [1.82, 2.24) is 4.90 Å². The molecule has 1 N–H and O–H groups in total. The first-order valence-corrected chi connectivity index (χ1v) is 9.16. The summed E-state index contributed by atoms with van der Waals surface area (Å²) in [5, 5.41) is 2.84. The van der Waals surface area contributed by atoms with Crippen LogP contribution in [0.4, 0.5) is 5.69 Å². The number of amides is 2. The minimum atomic E-state index is -0.245. The molecule has 1 aliphatic rings. The molecule has 4 nitrogen and oxygen atoms in total. The molecule has 0 aromatic heterocycles. The van der Waals surface area contributed by atoms with E-state index in [4.69, 9.17) is 0 Å². The fourth-order valence-electron chi connectivity index (χ4n) is 3.13. The highest BCUT2D eigenvalue weighted by molar-refractivity contribution is 6.07. The number of carbonyl (C=O) groups is 2. The Labute approximate surface area is 154 Å². The molecule has 4 heteroatoms. The second kappa shape index (κ2) is 8.99. The highest BCUT2D eigenvalue weighted by atomic mass is 16.2. The van der Waals surface area contributed by atoms with Gasteiger partial charge in [-0.25, -0.2) is 0 Å². The summed E-state index contributed by atoms with van der Waals surface area (Å²) < 4.78 is 0. The van der Waals surface area contributed by atoms with E-state index in [0.717, 1.165) is 31.5 Å². The van der Waals surface area contributed by atoms with Crippen LogP contribution in [0.5, 0.6) is 0 Å². The summed E-state index contributed by atoms with van der Waals surface area (Å²) >= 11 is 0. The Morgan fingerprint density at radius 1 is 0.846 bits per heavy atom. The smallest absolute Gasteiger partial charge is 0.255 e. The number of anilines is 1. The Balaban J connectivity index is 1.71. The van der Waals surface area contributed by atoms with Crippen LogP contribution in [0.25, 0.3) is 6.08 Å². The second-order valence-corrected chi connectivity index (χ2v) is 6.49. The van der Waals surface area contributed by atoms with Crippen molar-refractivity contribution >= 4 is 23.6 Å². The van der Waals surface area contributed by atoms with Crippen LogP contribution < -0.4 is 5.32 Å². The number of hydrogen-bond donors (Lipinski definition) is 1. The fraction of sp³-hybridized carbons (Fsp3) is 0.273. The first kappa shape index (κ1) is 17.9. The lowest BCUT2D eigenvalue weighted by molar-refractivity contribution is -0.111. The minimum Gasteiger partial charge on any atom is -0.339 e. The minimum absolute atomic E-state index is 0.00478. The second-order valence-electron chi connectivity index (χ2n) is 6.49. The zero-order chi connectivity index (χ0) is 18.2. The third-order valence-corrected chi connectivity index (χ3v) is 4.54. The maximum Gasteiger partial charge on any atom is 0.255 e. The van der Waals surface area contributed by atoms with Crippen LogP contribution in [0.2, 0.25) is 0 Å². The molecule has 1 aliphatic heterocycles. The molecule has 2 amide bonds. The van der Waals surface area contributed by atoms with Crippen LogP contribution in [0, 0.1) is 0 Å². The van der Waals surface area contributed by atoms with Gasteiger partial charge >= 0.3 is 0 Å². The van der Waals surface area contributed by atoms with E-state index in [0.29, 0.717) is 11.3 Å². The van der Waals surface area contributed by atoms with Crippen molar-refractivity contribution in [2.24, 2.45) is 0 Å². The van der Waals surface area contributed by atoms with E-state index in [9.17, 15) is 9.59 Å². The molecular weight excluding hydrogens is 324 g/mol. The summed E-state index contributed by atoms with van der Waals surface area (Å²) in [5.41, 5.74) is 2.07. The van der Waals surface area contributed by atoms with E-state index >= 15 is 0 Å². The molecule has 0 spiro atoms. The molecule has 26 heavy (non-hydrogen) atoms. The Hall–Kier alpha value is -2.88. The Kier molecular flexibility index (Phi) is 6.20. The molecular formula is C22H24N2O2. The van der Waals surface area contributed by atoms with Gasteiger partial charge in [-0.2, -0.15) is 0 Å². The van der Waals surface area contributed by atoms with Gasteiger partial charge in [-0.15, -0.1) is 0 Å². The lowest BCUT2D eigenvalue weighted by Crippen LogP contribution is -2.32. The van der Waals surface area contributed by atoms with Gasteiger partial charge in [-0.05, 0) is 36.6 Å². The van der Waals surface area contributed by atoms with Gasteiger partial charge in [0.1, 0.15) is 0 Å². The fourth-order valence-corrected chi connectivity index (χ4v) is 3.13. The summed E-state index contributed by atoms with van der Waals surface area (Å²) in [7, 11) is 0. The van der Waals surface area contributed by atoms with Crippen molar-refractivity contribution in [2.45, 2.75) is 25.7 Å². The summed E-state index contributed by atoms with van der Waals surface area (Å²) in [6.45, 7) is 1.57. The van der Waals surface area contributed by atoms with Crippen LogP contribution >= 0.6 is 0 Å². The SMILES string of the molecule is O=C(C=Cc1ccccc1)Nc1ccccc1C(=O)N1CCCCCC1. The normalized spacial score (nSPS) is 14.8. The maximum absolute atomic E-state index is 12.9. The Morgan fingerprint density at radius 2 is 1.50 bits per heavy atom. The molecule has 0 bridgehead atoms. The zero-order valence-corrected chi connectivity index (χ0v) is 14.9. The summed E-state index contributed by atoms with van der Waals surface area (Å²) in [4.78, 5) is 27.1. The van der Waals surface area contributed by atoms with Crippen molar-refractivity contribution in [3.8, 4) is 0 Å². The number of hydrogen-bond acceptors (Lipinski definition) is 2. The predicted octanol–water partition coefficient (Wildman–Crippen LogP) is 4.35. The van der Waals surface area contributed by atoms with E-state index in [1.54, 1.807) is 18.2 Å². The van der Waals surface area contributed by atoms with Crippen molar-refractivity contribution in [1.29, 1.82) is 0 Å². The van der Waals surface area contributed by atoms with Crippen molar-refractivity contribution < 1.29 is 9.59 Å². The zero-order valence-electron chi connectivity index (χ0n) is 14.9. The largest absolute Gasteiger partial charge is 0.339 e. The summed E-state index contributed by atoms with van der Waals surface area (Å²) in [6, 6.07) is 16.9. The van der Waals surface area contributed by atoms with Crippen LogP contribution in [0.15, 0.2) is 60.7 Å². The van der Waals surface area contributed by atoms with E-state index in [1.807, 2.05) is 47.4 Å². The average Bonchev–Trinajstić information content (AvgIpc) is 2.97. The van der Waals surface area contributed by atoms with Gasteiger partial charge in [0.25, 0.3) is 5.91 Å². The van der Waals surface area contributed by atoms with Gasteiger partial charge in [0, 0.05) is 19.2 Å². The molecule has 2 aromatic rings. The van der Waals surface area contributed by atoms with Crippen molar-refractivity contribution in [3.63, 3.8) is 0 Å². The highest BCUT2D eigenvalue weighted by Gasteiger charge is 2.20. The number of likely N-dealkylation sites (tertiary alicyclic amines) is 1. The van der Waals surface area contributed by atoms with Gasteiger partial charge in [-0.1, -0.05) is 55.3 Å². The molecule has 134 valence electrons. The highest BCUT2D eigenvalue weighted by Crippen LogP contribution is 2.20. The molecule has 0 radical (unpaired) electrons. The lowest BCUT2D eigenvalue weighted by Gasteiger charge is -2.21. The summed E-state index contributed by atoms with van der Waals surface area (Å²) in [6.07, 6.45) is 7.68. The van der Waals surface area contributed by atoms with E-state index in [-0.39, 0.29) is 11.8 Å². The van der Waals surface area contributed by atoms with Crippen molar-refractivity contribution in [3.05, 3.63) is 71.8 Å². The first-order valence-electron chi connectivity index (χ1n) is 9.16. The predicted molar refractivity (Wildman–Crippen MR) is 105 cm³/mol.